The smallest absolute Gasteiger partial charge is 0.0278 e. The number of nitrogens with zero attached hydrogens (tertiary/aromatic N) is 2. The fraction of sp³-hybridized carbons (Fsp3) is 1.00. The topological polar surface area (TPSA) is 18.5 Å². The Balaban J connectivity index is 1.82. The fourth-order valence-electron chi connectivity index (χ4n) is 3.46. The number of likely N-dealkylation sites (tertiary alicyclic amines) is 1. The summed E-state index contributed by atoms with van der Waals surface area (Å²) in [6.45, 7) is 14.5. The minimum absolute atomic E-state index is 0.346. The van der Waals surface area contributed by atoms with Gasteiger partial charge in [-0.15, -0.1) is 0 Å². The zero-order chi connectivity index (χ0) is 13.0. The molecular formula is C15H31N3. The molecule has 0 spiro atoms. The van der Waals surface area contributed by atoms with Crippen LogP contribution < -0.4 is 5.32 Å². The predicted octanol–water partition coefficient (Wildman–Crippen LogP) is 1.93. The summed E-state index contributed by atoms with van der Waals surface area (Å²) in [5, 5.41) is 3.69. The van der Waals surface area contributed by atoms with E-state index in [4.69, 9.17) is 0 Å². The third-order valence-electron chi connectivity index (χ3n) is 4.90. The molecule has 2 rings (SSSR count). The molecule has 18 heavy (non-hydrogen) atoms. The van der Waals surface area contributed by atoms with Crippen LogP contribution in [0, 0.1) is 0 Å². The molecular weight excluding hydrogens is 222 g/mol. The molecule has 0 radical (unpaired) electrons. The molecule has 2 saturated heterocycles. The standard InChI is InChI=1S/C15H31N3/c1-4-9-17-10-6-14(7-11-17)18-12-8-16-15(3,5-2)13-18/h14,16H,4-13H2,1-3H3. The van der Waals surface area contributed by atoms with Gasteiger partial charge < -0.3 is 10.2 Å². The van der Waals surface area contributed by atoms with E-state index in [-0.39, 0.29) is 0 Å². The van der Waals surface area contributed by atoms with Gasteiger partial charge in [-0.25, -0.2) is 0 Å². The van der Waals surface area contributed by atoms with Gasteiger partial charge in [0.2, 0.25) is 0 Å². The van der Waals surface area contributed by atoms with Crippen LogP contribution in [0.2, 0.25) is 0 Å². The number of piperazine rings is 1. The zero-order valence-corrected chi connectivity index (χ0v) is 12.5. The number of nitrogens with one attached hydrogen (secondary N) is 1. The lowest BCUT2D eigenvalue weighted by Crippen LogP contribution is -2.61. The Kier molecular flexibility index (Phi) is 5.05. The van der Waals surface area contributed by atoms with Crippen molar-refractivity contribution in [3.8, 4) is 0 Å². The van der Waals surface area contributed by atoms with E-state index in [2.05, 4.69) is 35.9 Å². The molecule has 0 saturated carbocycles. The van der Waals surface area contributed by atoms with Crippen LogP contribution in [0.5, 0.6) is 0 Å². The van der Waals surface area contributed by atoms with Crippen molar-refractivity contribution in [2.45, 2.75) is 58.0 Å². The number of rotatable bonds is 4. The van der Waals surface area contributed by atoms with Gasteiger partial charge in [-0.3, -0.25) is 4.90 Å². The summed E-state index contributed by atoms with van der Waals surface area (Å²) in [5.74, 6) is 0. The van der Waals surface area contributed by atoms with Crippen molar-refractivity contribution in [2.75, 3.05) is 39.3 Å². The van der Waals surface area contributed by atoms with E-state index < -0.39 is 0 Å². The van der Waals surface area contributed by atoms with E-state index in [9.17, 15) is 0 Å². The van der Waals surface area contributed by atoms with E-state index in [0.29, 0.717) is 5.54 Å². The highest BCUT2D eigenvalue weighted by molar-refractivity contribution is 4.93. The Bertz CT molecular complexity index is 248. The van der Waals surface area contributed by atoms with Crippen LogP contribution in [-0.2, 0) is 0 Å². The van der Waals surface area contributed by atoms with E-state index in [1.165, 1.54) is 65.0 Å². The van der Waals surface area contributed by atoms with Gasteiger partial charge in [0.15, 0.2) is 0 Å². The summed E-state index contributed by atoms with van der Waals surface area (Å²) in [4.78, 5) is 5.39. The second kappa shape index (κ2) is 6.36. The minimum atomic E-state index is 0.346. The van der Waals surface area contributed by atoms with Gasteiger partial charge in [-0.2, -0.15) is 0 Å². The van der Waals surface area contributed by atoms with Gasteiger partial charge in [0.25, 0.3) is 0 Å². The molecule has 0 aromatic heterocycles. The van der Waals surface area contributed by atoms with Crippen molar-refractivity contribution in [1.82, 2.24) is 15.1 Å². The van der Waals surface area contributed by atoms with Crippen molar-refractivity contribution in [1.29, 1.82) is 0 Å². The molecule has 2 fully saturated rings. The average molecular weight is 253 g/mol. The van der Waals surface area contributed by atoms with E-state index in [1.807, 2.05) is 0 Å². The lowest BCUT2D eigenvalue weighted by Gasteiger charge is -2.46. The third-order valence-corrected chi connectivity index (χ3v) is 4.90. The maximum absolute atomic E-state index is 3.69. The number of piperidine rings is 1. The highest BCUT2D eigenvalue weighted by atomic mass is 15.3. The molecule has 3 nitrogen and oxygen atoms in total. The lowest BCUT2D eigenvalue weighted by molar-refractivity contribution is 0.0579. The van der Waals surface area contributed by atoms with Gasteiger partial charge in [-0.05, 0) is 52.2 Å². The van der Waals surface area contributed by atoms with E-state index >= 15 is 0 Å². The summed E-state index contributed by atoms with van der Waals surface area (Å²) < 4.78 is 0. The molecule has 3 heteroatoms. The Morgan fingerprint density at radius 1 is 1.17 bits per heavy atom. The Morgan fingerprint density at radius 3 is 2.50 bits per heavy atom. The first kappa shape index (κ1) is 14.3. The highest BCUT2D eigenvalue weighted by Crippen LogP contribution is 2.22. The first-order chi connectivity index (χ1) is 8.67. The van der Waals surface area contributed by atoms with Crippen LogP contribution in [0.1, 0.15) is 46.5 Å². The molecule has 0 amide bonds. The largest absolute Gasteiger partial charge is 0.309 e. The second-order valence-corrected chi connectivity index (χ2v) is 6.38. The molecule has 2 heterocycles. The maximum Gasteiger partial charge on any atom is 0.0278 e. The molecule has 0 bridgehead atoms. The molecule has 0 aromatic rings. The van der Waals surface area contributed by atoms with Crippen LogP contribution in [0.3, 0.4) is 0 Å². The highest BCUT2D eigenvalue weighted by Gasteiger charge is 2.33. The first-order valence-corrected chi connectivity index (χ1v) is 7.88. The monoisotopic (exact) mass is 253 g/mol. The minimum Gasteiger partial charge on any atom is -0.309 e. The number of hydrogen-bond acceptors (Lipinski definition) is 3. The molecule has 2 aliphatic heterocycles. The molecule has 1 unspecified atom stereocenters. The SMILES string of the molecule is CCCN1CCC(N2CCNC(C)(CC)C2)CC1. The molecule has 1 N–H and O–H groups in total. The average Bonchev–Trinajstić information content (AvgIpc) is 2.40. The molecule has 0 aromatic carbocycles. The normalized spacial score (nSPS) is 32.8. The Hall–Kier alpha value is -0.120. The van der Waals surface area contributed by atoms with Crippen LogP contribution in [0.15, 0.2) is 0 Å². The molecule has 106 valence electrons. The molecule has 1 atom stereocenters. The summed E-state index contributed by atoms with van der Waals surface area (Å²) in [6.07, 6.45) is 5.28. The second-order valence-electron chi connectivity index (χ2n) is 6.38. The fourth-order valence-corrected chi connectivity index (χ4v) is 3.46. The third kappa shape index (κ3) is 3.46. The summed E-state index contributed by atoms with van der Waals surface area (Å²) in [5.41, 5.74) is 0.346. The molecule has 0 aliphatic carbocycles. The summed E-state index contributed by atoms with van der Waals surface area (Å²) in [7, 11) is 0. The van der Waals surface area contributed by atoms with Crippen LogP contribution in [-0.4, -0.2) is 60.6 Å². The summed E-state index contributed by atoms with van der Waals surface area (Å²) in [6, 6.07) is 0.839. The van der Waals surface area contributed by atoms with Crippen molar-refractivity contribution in [3.63, 3.8) is 0 Å². The first-order valence-electron chi connectivity index (χ1n) is 7.88. The predicted molar refractivity (Wildman–Crippen MR) is 78.0 cm³/mol. The van der Waals surface area contributed by atoms with Gasteiger partial charge in [0, 0.05) is 31.2 Å². The van der Waals surface area contributed by atoms with Crippen molar-refractivity contribution < 1.29 is 0 Å². The lowest BCUT2D eigenvalue weighted by atomic mass is 9.93. The van der Waals surface area contributed by atoms with Crippen LogP contribution in [0.4, 0.5) is 0 Å². The van der Waals surface area contributed by atoms with Gasteiger partial charge in [0.1, 0.15) is 0 Å². The van der Waals surface area contributed by atoms with E-state index in [1.54, 1.807) is 0 Å². The van der Waals surface area contributed by atoms with Crippen LogP contribution in [0.25, 0.3) is 0 Å². The summed E-state index contributed by atoms with van der Waals surface area (Å²) >= 11 is 0. The Labute approximate surface area is 113 Å². The van der Waals surface area contributed by atoms with Gasteiger partial charge >= 0.3 is 0 Å². The molecule has 2 aliphatic rings. The maximum atomic E-state index is 3.69. The van der Waals surface area contributed by atoms with Crippen LogP contribution >= 0.6 is 0 Å². The Morgan fingerprint density at radius 2 is 1.89 bits per heavy atom. The van der Waals surface area contributed by atoms with Gasteiger partial charge in [-0.1, -0.05) is 13.8 Å². The number of hydrogen-bond donors (Lipinski definition) is 1. The van der Waals surface area contributed by atoms with Crippen molar-refractivity contribution in [2.24, 2.45) is 0 Å². The van der Waals surface area contributed by atoms with E-state index in [0.717, 1.165) is 6.04 Å². The van der Waals surface area contributed by atoms with Crippen molar-refractivity contribution in [3.05, 3.63) is 0 Å². The zero-order valence-electron chi connectivity index (χ0n) is 12.5. The van der Waals surface area contributed by atoms with Crippen molar-refractivity contribution >= 4 is 0 Å². The van der Waals surface area contributed by atoms with Gasteiger partial charge in [0.05, 0.1) is 0 Å². The quantitative estimate of drug-likeness (QED) is 0.826.